The van der Waals surface area contributed by atoms with E-state index in [2.05, 4.69) is 30.7 Å². The van der Waals surface area contributed by atoms with Crippen LogP contribution in [0.4, 0.5) is 0 Å². The molecule has 0 radical (unpaired) electrons. The maximum atomic E-state index is 2.83. The second kappa shape index (κ2) is 6.58. The molecule has 0 bridgehead atoms. The Morgan fingerprint density at radius 1 is 1.14 bits per heavy atom. The molecule has 0 aromatic heterocycles. The minimum Gasteiger partial charge on any atom is -0.303 e. The third kappa shape index (κ3) is 3.47. The first kappa shape index (κ1) is 15.8. The van der Waals surface area contributed by atoms with E-state index >= 15 is 0 Å². The predicted molar refractivity (Wildman–Crippen MR) is 90.6 cm³/mol. The van der Waals surface area contributed by atoms with Crippen LogP contribution in [0.5, 0.6) is 0 Å². The van der Waals surface area contributed by atoms with Crippen LogP contribution in [0, 0.1) is 11.8 Å². The third-order valence-electron chi connectivity index (χ3n) is 6.58. The van der Waals surface area contributed by atoms with E-state index in [1.165, 1.54) is 77.4 Å². The SMILES string of the molecule is CC(C)CC1CC(CCCC23CCCN2CCC3)CN1C. The molecule has 0 saturated carbocycles. The lowest BCUT2D eigenvalue weighted by atomic mass is 9.86. The number of rotatable bonds is 6. The summed E-state index contributed by atoms with van der Waals surface area (Å²) in [5, 5.41) is 0. The van der Waals surface area contributed by atoms with Crippen molar-refractivity contribution in [2.75, 3.05) is 26.7 Å². The van der Waals surface area contributed by atoms with Gasteiger partial charge in [0.15, 0.2) is 0 Å². The van der Waals surface area contributed by atoms with Gasteiger partial charge in [-0.2, -0.15) is 0 Å². The second-order valence-corrected chi connectivity index (χ2v) is 8.64. The summed E-state index contributed by atoms with van der Waals surface area (Å²) in [5.41, 5.74) is 0.655. The molecule has 3 aliphatic heterocycles. The highest BCUT2D eigenvalue weighted by Gasteiger charge is 2.43. The van der Waals surface area contributed by atoms with E-state index in [0.29, 0.717) is 5.54 Å². The van der Waals surface area contributed by atoms with Gasteiger partial charge in [0, 0.05) is 18.1 Å². The van der Waals surface area contributed by atoms with Gasteiger partial charge >= 0.3 is 0 Å². The van der Waals surface area contributed by atoms with Crippen LogP contribution in [0.15, 0.2) is 0 Å². The first-order valence-corrected chi connectivity index (χ1v) is 9.54. The van der Waals surface area contributed by atoms with E-state index in [0.717, 1.165) is 17.9 Å². The van der Waals surface area contributed by atoms with Crippen molar-refractivity contribution in [1.82, 2.24) is 9.80 Å². The highest BCUT2D eigenvalue weighted by atomic mass is 15.2. The zero-order valence-corrected chi connectivity index (χ0v) is 14.6. The maximum Gasteiger partial charge on any atom is 0.0210 e. The van der Waals surface area contributed by atoms with Gasteiger partial charge in [-0.3, -0.25) is 4.90 Å². The van der Waals surface area contributed by atoms with Crippen molar-refractivity contribution < 1.29 is 0 Å². The summed E-state index contributed by atoms with van der Waals surface area (Å²) >= 11 is 0. The standard InChI is InChI=1S/C19H36N2/c1-16(2)13-18-14-17(15-20(18)3)7-4-8-19-9-5-11-21(19)12-6-10-19/h16-18H,4-15H2,1-3H3. The van der Waals surface area contributed by atoms with Crippen molar-refractivity contribution in [3.05, 3.63) is 0 Å². The molecule has 2 nitrogen and oxygen atoms in total. The van der Waals surface area contributed by atoms with E-state index in [1.54, 1.807) is 0 Å². The fourth-order valence-corrected chi connectivity index (χ4v) is 5.58. The van der Waals surface area contributed by atoms with Crippen molar-refractivity contribution in [2.45, 2.75) is 83.2 Å². The quantitative estimate of drug-likeness (QED) is 0.725. The van der Waals surface area contributed by atoms with Crippen molar-refractivity contribution in [1.29, 1.82) is 0 Å². The number of nitrogens with zero attached hydrogens (tertiary/aromatic N) is 2. The van der Waals surface area contributed by atoms with Gasteiger partial charge in [-0.25, -0.2) is 0 Å². The summed E-state index contributed by atoms with van der Waals surface area (Å²) in [6.07, 6.45) is 13.2. The van der Waals surface area contributed by atoms with Crippen LogP contribution in [-0.4, -0.2) is 48.1 Å². The van der Waals surface area contributed by atoms with Crippen molar-refractivity contribution in [3.8, 4) is 0 Å². The molecule has 0 aromatic rings. The topological polar surface area (TPSA) is 6.48 Å². The maximum absolute atomic E-state index is 2.83. The molecule has 0 N–H and O–H groups in total. The highest BCUT2D eigenvalue weighted by molar-refractivity contribution is 5.00. The smallest absolute Gasteiger partial charge is 0.0210 e. The predicted octanol–water partition coefficient (Wildman–Crippen LogP) is 4.15. The van der Waals surface area contributed by atoms with Gasteiger partial charge in [-0.15, -0.1) is 0 Å². The van der Waals surface area contributed by atoms with Crippen molar-refractivity contribution >= 4 is 0 Å². The van der Waals surface area contributed by atoms with Gasteiger partial charge < -0.3 is 4.90 Å². The fraction of sp³-hybridized carbons (Fsp3) is 1.00. The van der Waals surface area contributed by atoms with E-state index in [4.69, 9.17) is 0 Å². The van der Waals surface area contributed by atoms with Crippen LogP contribution < -0.4 is 0 Å². The molecule has 3 aliphatic rings. The van der Waals surface area contributed by atoms with Crippen LogP contribution in [0.1, 0.15) is 71.6 Å². The van der Waals surface area contributed by atoms with E-state index < -0.39 is 0 Å². The van der Waals surface area contributed by atoms with Gasteiger partial charge in [0.1, 0.15) is 0 Å². The first-order valence-electron chi connectivity index (χ1n) is 9.54. The zero-order chi connectivity index (χ0) is 14.9. The molecule has 2 heteroatoms. The van der Waals surface area contributed by atoms with Crippen LogP contribution in [-0.2, 0) is 0 Å². The third-order valence-corrected chi connectivity index (χ3v) is 6.58. The Kier molecular flexibility index (Phi) is 4.95. The van der Waals surface area contributed by atoms with Crippen LogP contribution in [0.3, 0.4) is 0 Å². The molecule has 0 amide bonds. The number of hydrogen-bond acceptors (Lipinski definition) is 2. The lowest BCUT2D eigenvalue weighted by Gasteiger charge is -2.32. The van der Waals surface area contributed by atoms with Crippen molar-refractivity contribution in [2.24, 2.45) is 11.8 Å². The Bertz CT molecular complexity index is 328. The normalized spacial score (nSPS) is 33.1. The Hall–Kier alpha value is -0.0800. The molecule has 0 aromatic carbocycles. The summed E-state index contributed by atoms with van der Waals surface area (Å²) in [6.45, 7) is 8.88. The molecule has 122 valence electrons. The monoisotopic (exact) mass is 292 g/mol. The van der Waals surface area contributed by atoms with Gasteiger partial charge in [0.2, 0.25) is 0 Å². The number of hydrogen-bond donors (Lipinski definition) is 0. The molecular formula is C19H36N2. The number of fused-ring (bicyclic) bond motifs is 1. The van der Waals surface area contributed by atoms with Gasteiger partial charge in [0.05, 0.1) is 0 Å². The summed E-state index contributed by atoms with van der Waals surface area (Å²) in [4.78, 5) is 5.47. The number of likely N-dealkylation sites (tertiary alicyclic amines) is 1. The molecule has 3 fully saturated rings. The lowest BCUT2D eigenvalue weighted by molar-refractivity contribution is 0.175. The molecular weight excluding hydrogens is 256 g/mol. The molecule has 2 unspecified atom stereocenters. The molecule has 2 atom stereocenters. The fourth-order valence-electron chi connectivity index (χ4n) is 5.58. The Morgan fingerprint density at radius 3 is 2.52 bits per heavy atom. The summed E-state index contributed by atoms with van der Waals surface area (Å²) in [5.74, 6) is 1.83. The summed E-state index contributed by atoms with van der Waals surface area (Å²) in [7, 11) is 2.35. The molecule has 3 rings (SSSR count). The van der Waals surface area contributed by atoms with Crippen LogP contribution in [0.2, 0.25) is 0 Å². The van der Waals surface area contributed by atoms with Gasteiger partial charge in [-0.05, 0) is 83.3 Å². The van der Waals surface area contributed by atoms with E-state index in [9.17, 15) is 0 Å². The molecule has 3 heterocycles. The molecule has 0 spiro atoms. The second-order valence-electron chi connectivity index (χ2n) is 8.64. The zero-order valence-electron chi connectivity index (χ0n) is 14.6. The van der Waals surface area contributed by atoms with E-state index in [-0.39, 0.29) is 0 Å². The average molecular weight is 293 g/mol. The Labute approximate surface area is 132 Å². The van der Waals surface area contributed by atoms with Crippen LogP contribution >= 0.6 is 0 Å². The summed E-state index contributed by atoms with van der Waals surface area (Å²) < 4.78 is 0. The molecule has 0 aliphatic carbocycles. The highest BCUT2D eigenvalue weighted by Crippen LogP contribution is 2.43. The largest absolute Gasteiger partial charge is 0.303 e. The summed E-state index contributed by atoms with van der Waals surface area (Å²) in [6, 6.07) is 0.864. The molecule has 21 heavy (non-hydrogen) atoms. The Morgan fingerprint density at radius 2 is 1.86 bits per heavy atom. The van der Waals surface area contributed by atoms with Gasteiger partial charge in [0.25, 0.3) is 0 Å². The Balaban J connectivity index is 1.42. The lowest BCUT2D eigenvalue weighted by Crippen LogP contribution is -2.37. The van der Waals surface area contributed by atoms with E-state index in [1.807, 2.05) is 0 Å². The van der Waals surface area contributed by atoms with Gasteiger partial charge in [-0.1, -0.05) is 20.3 Å². The van der Waals surface area contributed by atoms with Crippen LogP contribution in [0.25, 0.3) is 0 Å². The minimum absolute atomic E-state index is 0.655. The average Bonchev–Trinajstić information content (AvgIpc) is 3.04. The first-order chi connectivity index (χ1) is 10.1. The molecule has 3 saturated heterocycles. The minimum atomic E-state index is 0.655. The van der Waals surface area contributed by atoms with Crippen molar-refractivity contribution in [3.63, 3.8) is 0 Å².